The van der Waals surface area contributed by atoms with E-state index >= 15 is 0 Å². The van der Waals surface area contributed by atoms with Crippen molar-refractivity contribution in [1.29, 1.82) is 0 Å². The topological polar surface area (TPSA) is 41.1 Å². The van der Waals surface area contributed by atoms with Crippen molar-refractivity contribution in [2.45, 2.75) is 32.9 Å². The summed E-state index contributed by atoms with van der Waals surface area (Å²) in [5.41, 5.74) is 0.846. The molecule has 0 spiro atoms. The molecule has 106 valence electrons. The number of carbonyl (C=O) groups is 1. The van der Waals surface area contributed by atoms with Crippen LogP contribution in [0.25, 0.3) is 0 Å². The molecule has 0 radical (unpaired) electrons. The molecule has 0 saturated carbocycles. The maximum Gasteiger partial charge on any atom is 0.225 e. The minimum atomic E-state index is 0.0403. The first kappa shape index (κ1) is 14.8. The predicted octanol–water partition coefficient (Wildman–Crippen LogP) is 3.56. The average Bonchev–Trinajstić information content (AvgIpc) is 2.83. The SMILES string of the molecule is Cc1ccc(CN[C@H](C)CC(=O)Nc2ccccc2)s1. The van der Waals surface area contributed by atoms with Crippen LogP contribution in [0.5, 0.6) is 0 Å². The highest BCUT2D eigenvalue weighted by molar-refractivity contribution is 7.11. The third kappa shape index (κ3) is 4.79. The van der Waals surface area contributed by atoms with E-state index in [-0.39, 0.29) is 11.9 Å². The van der Waals surface area contributed by atoms with Gasteiger partial charge in [0.05, 0.1) is 0 Å². The lowest BCUT2D eigenvalue weighted by Crippen LogP contribution is -2.30. The predicted molar refractivity (Wildman–Crippen MR) is 85.0 cm³/mol. The van der Waals surface area contributed by atoms with Crippen LogP contribution in [-0.2, 0) is 11.3 Å². The summed E-state index contributed by atoms with van der Waals surface area (Å²) in [6, 6.07) is 13.9. The molecule has 3 nitrogen and oxygen atoms in total. The van der Waals surface area contributed by atoms with Gasteiger partial charge in [0.25, 0.3) is 0 Å². The van der Waals surface area contributed by atoms with Gasteiger partial charge in [-0.2, -0.15) is 0 Å². The lowest BCUT2D eigenvalue weighted by atomic mass is 10.2. The van der Waals surface area contributed by atoms with E-state index in [0.717, 1.165) is 12.2 Å². The zero-order chi connectivity index (χ0) is 14.4. The van der Waals surface area contributed by atoms with Crippen LogP contribution in [0.2, 0.25) is 0 Å². The summed E-state index contributed by atoms with van der Waals surface area (Å²) < 4.78 is 0. The third-order valence-electron chi connectivity index (χ3n) is 2.97. The molecule has 0 saturated heterocycles. The highest BCUT2D eigenvalue weighted by Gasteiger charge is 2.09. The molecule has 0 unspecified atom stereocenters. The first-order chi connectivity index (χ1) is 9.63. The lowest BCUT2D eigenvalue weighted by Gasteiger charge is -2.13. The number of benzene rings is 1. The van der Waals surface area contributed by atoms with E-state index in [1.54, 1.807) is 11.3 Å². The Balaban J connectivity index is 1.73. The van der Waals surface area contributed by atoms with Crippen molar-refractivity contribution in [3.05, 3.63) is 52.2 Å². The first-order valence-corrected chi connectivity index (χ1v) is 7.59. The summed E-state index contributed by atoms with van der Waals surface area (Å²) in [5.74, 6) is 0.0403. The Hall–Kier alpha value is -1.65. The maximum absolute atomic E-state index is 11.9. The van der Waals surface area contributed by atoms with Gasteiger partial charge in [0.15, 0.2) is 0 Å². The van der Waals surface area contributed by atoms with Crippen molar-refractivity contribution in [3.63, 3.8) is 0 Å². The number of hydrogen-bond acceptors (Lipinski definition) is 3. The molecule has 0 fully saturated rings. The molecule has 1 amide bonds. The number of para-hydroxylation sites is 1. The van der Waals surface area contributed by atoms with E-state index in [4.69, 9.17) is 0 Å². The Kier molecular flexibility index (Phi) is 5.32. The highest BCUT2D eigenvalue weighted by atomic mass is 32.1. The van der Waals surface area contributed by atoms with Crippen LogP contribution in [-0.4, -0.2) is 11.9 Å². The third-order valence-corrected chi connectivity index (χ3v) is 3.97. The summed E-state index contributed by atoms with van der Waals surface area (Å²) in [5, 5.41) is 6.28. The van der Waals surface area contributed by atoms with Gasteiger partial charge < -0.3 is 10.6 Å². The van der Waals surface area contributed by atoms with E-state index in [1.807, 2.05) is 37.3 Å². The molecule has 2 rings (SSSR count). The van der Waals surface area contributed by atoms with Crippen molar-refractivity contribution in [2.24, 2.45) is 0 Å². The fraction of sp³-hybridized carbons (Fsp3) is 0.312. The summed E-state index contributed by atoms with van der Waals surface area (Å²) in [6.07, 6.45) is 0.471. The van der Waals surface area contributed by atoms with Gasteiger partial charge in [0.1, 0.15) is 0 Å². The maximum atomic E-state index is 11.9. The van der Waals surface area contributed by atoms with Gasteiger partial charge in [-0.25, -0.2) is 0 Å². The fourth-order valence-electron chi connectivity index (χ4n) is 1.94. The Labute approximate surface area is 124 Å². The number of aryl methyl sites for hydroxylation is 1. The fourth-order valence-corrected chi connectivity index (χ4v) is 2.78. The van der Waals surface area contributed by atoms with Gasteiger partial charge in [0, 0.05) is 34.4 Å². The van der Waals surface area contributed by atoms with E-state index in [9.17, 15) is 4.79 Å². The molecular formula is C16H20N2OS. The van der Waals surface area contributed by atoms with Crippen molar-refractivity contribution in [1.82, 2.24) is 5.32 Å². The van der Waals surface area contributed by atoms with Gasteiger partial charge in [-0.15, -0.1) is 11.3 Å². The average molecular weight is 288 g/mol. The largest absolute Gasteiger partial charge is 0.326 e. The van der Waals surface area contributed by atoms with Crippen LogP contribution >= 0.6 is 11.3 Å². The van der Waals surface area contributed by atoms with Crippen LogP contribution in [0.3, 0.4) is 0 Å². The van der Waals surface area contributed by atoms with Crippen molar-refractivity contribution < 1.29 is 4.79 Å². The second-order valence-corrected chi connectivity index (χ2v) is 6.29. The zero-order valence-electron chi connectivity index (χ0n) is 11.8. The smallest absolute Gasteiger partial charge is 0.225 e. The quantitative estimate of drug-likeness (QED) is 0.853. The number of hydrogen-bond donors (Lipinski definition) is 2. The van der Waals surface area contributed by atoms with Crippen LogP contribution in [0.4, 0.5) is 5.69 Å². The molecule has 0 aliphatic heterocycles. The lowest BCUT2D eigenvalue weighted by molar-refractivity contribution is -0.116. The van der Waals surface area contributed by atoms with Crippen LogP contribution < -0.4 is 10.6 Å². The molecular weight excluding hydrogens is 268 g/mol. The molecule has 0 aliphatic carbocycles. The van der Waals surface area contributed by atoms with Crippen LogP contribution in [0.1, 0.15) is 23.1 Å². The number of thiophene rings is 1. The number of amides is 1. The molecule has 0 bridgehead atoms. The standard InChI is InChI=1S/C16H20N2OS/c1-12(17-11-15-9-8-13(2)20-15)10-16(19)18-14-6-4-3-5-7-14/h3-9,12,17H,10-11H2,1-2H3,(H,18,19)/t12-/m1/s1. The molecule has 1 aromatic heterocycles. The Bertz CT molecular complexity index is 551. The van der Waals surface area contributed by atoms with E-state index in [1.165, 1.54) is 9.75 Å². The summed E-state index contributed by atoms with van der Waals surface area (Å²) in [7, 11) is 0. The Morgan fingerprint density at radius 2 is 1.95 bits per heavy atom. The molecule has 1 atom stereocenters. The van der Waals surface area contributed by atoms with Crippen LogP contribution in [0, 0.1) is 6.92 Å². The van der Waals surface area contributed by atoms with E-state index in [2.05, 4.69) is 29.7 Å². The molecule has 2 aromatic rings. The molecule has 20 heavy (non-hydrogen) atoms. The van der Waals surface area contributed by atoms with Crippen molar-refractivity contribution in [2.75, 3.05) is 5.32 Å². The number of carbonyl (C=O) groups excluding carboxylic acids is 1. The van der Waals surface area contributed by atoms with Crippen molar-refractivity contribution >= 4 is 22.9 Å². The minimum Gasteiger partial charge on any atom is -0.326 e. The summed E-state index contributed by atoms with van der Waals surface area (Å²) in [4.78, 5) is 14.5. The number of nitrogens with one attached hydrogen (secondary N) is 2. The van der Waals surface area contributed by atoms with Gasteiger partial charge >= 0.3 is 0 Å². The molecule has 0 aliphatic rings. The Morgan fingerprint density at radius 3 is 2.60 bits per heavy atom. The normalized spacial score (nSPS) is 12.1. The molecule has 1 aromatic carbocycles. The molecule has 4 heteroatoms. The molecule has 2 N–H and O–H groups in total. The number of anilines is 1. The van der Waals surface area contributed by atoms with E-state index in [0.29, 0.717) is 6.42 Å². The van der Waals surface area contributed by atoms with Gasteiger partial charge in [-0.05, 0) is 38.1 Å². The van der Waals surface area contributed by atoms with Gasteiger partial charge in [-0.1, -0.05) is 18.2 Å². The zero-order valence-corrected chi connectivity index (χ0v) is 12.7. The molecule has 1 heterocycles. The second kappa shape index (κ2) is 7.22. The van der Waals surface area contributed by atoms with Crippen molar-refractivity contribution in [3.8, 4) is 0 Å². The van der Waals surface area contributed by atoms with Gasteiger partial charge in [0.2, 0.25) is 5.91 Å². The monoisotopic (exact) mass is 288 g/mol. The summed E-state index contributed by atoms with van der Waals surface area (Å²) in [6.45, 7) is 4.95. The minimum absolute atomic E-state index is 0.0403. The second-order valence-electron chi connectivity index (χ2n) is 4.91. The highest BCUT2D eigenvalue weighted by Crippen LogP contribution is 2.15. The van der Waals surface area contributed by atoms with Crippen LogP contribution in [0.15, 0.2) is 42.5 Å². The first-order valence-electron chi connectivity index (χ1n) is 6.77. The van der Waals surface area contributed by atoms with E-state index < -0.39 is 0 Å². The summed E-state index contributed by atoms with van der Waals surface area (Å²) >= 11 is 1.79. The van der Waals surface area contributed by atoms with Gasteiger partial charge in [-0.3, -0.25) is 4.79 Å². The number of rotatable bonds is 6. The Morgan fingerprint density at radius 1 is 1.20 bits per heavy atom.